The van der Waals surface area contributed by atoms with Crippen molar-refractivity contribution in [2.75, 3.05) is 26.2 Å². The van der Waals surface area contributed by atoms with Crippen LogP contribution in [0.3, 0.4) is 0 Å². The van der Waals surface area contributed by atoms with Gasteiger partial charge in [-0.25, -0.2) is 0 Å². The summed E-state index contributed by atoms with van der Waals surface area (Å²) in [6.45, 7) is 11.7. The number of hydrogen-bond acceptors (Lipinski definition) is 3. The van der Waals surface area contributed by atoms with E-state index in [0.717, 1.165) is 12.5 Å². The first kappa shape index (κ1) is 15.3. The minimum absolute atomic E-state index is 0.471. The van der Waals surface area contributed by atoms with Gasteiger partial charge in [0.05, 0.1) is 6.10 Å². The van der Waals surface area contributed by atoms with E-state index in [2.05, 4.69) is 31.0 Å². The van der Waals surface area contributed by atoms with Crippen LogP contribution in [0.5, 0.6) is 0 Å². The minimum atomic E-state index is 0.471. The first-order valence-electron chi connectivity index (χ1n) is 8.29. The molecule has 112 valence electrons. The van der Waals surface area contributed by atoms with Gasteiger partial charge < -0.3 is 15.0 Å². The molecule has 0 saturated carbocycles. The minimum Gasteiger partial charge on any atom is -0.377 e. The van der Waals surface area contributed by atoms with E-state index in [1.807, 2.05) is 0 Å². The Hall–Kier alpha value is -0.120. The molecule has 0 bridgehead atoms. The zero-order valence-corrected chi connectivity index (χ0v) is 13.0. The molecule has 2 rings (SSSR count). The zero-order valence-electron chi connectivity index (χ0n) is 13.0. The maximum atomic E-state index is 5.85. The predicted molar refractivity (Wildman–Crippen MR) is 80.5 cm³/mol. The van der Waals surface area contributed by atoms with Crippen LogP contribution < -0.4 is 5.32 Å². The Labute approximate surface area is 119 Å². The lowest BCUT2D eigenvalue weighted by molar-refractivity contribution is 0.0666. The molecule has 0 radical (unpaired) electrons. The van der Waals surface area contributed by atoms with Gasteiger partial charge in [0.1, 0.15) is 0 Å². The van der Waals surface area contributed by atoms with Gasteiger partial charge in [0.25, 0.3) is 0 Å². The summed E-state index contributed by atoms with van der Waals surface area (Å²) in [6.07, 6.45) is 6.76. The third-order valence-corrected chi connectivity index (χ3v) is 4.51. The Kier molecular flexibility index (Phi) is 6.11. The number of nitrogens with one attached hydrogen (secondary N) is 1. The van der Waals surface area contributed by atoms with Gasteiger partial charge in [0.2, 0.25) is 0 Å². The van der Waals surface area contributed by atoms with Crippen LogP contribution in [0.1, 0.15) is 52.9 Å². The van der Waals surface area contributed by atoms with Gasteiger partial charge >= 0.3 is 0 Å². The number of rotatable bonds is 6. The molecule has 3 heteroatoms. The fraction of sp³-hybridized carbons (Fsp3) is 1.00. The molecule has 2 heterocycles. The molecule has 19 heavy (non-hydrogen) atoms. The summed E-state index contributed by atoms with van der Waals surface area (Å²) in [5.41, 5.74) is 0. The molecule has 0 amide bonds. The van der Waals surface area contributed by atoms with Crippen molar-refractivity contribution in [3.8, 4) is 0 Å². The third kappa shape index (κ3) is 4.73. The number of likely N-dealkylation sites (tertiary alicyclic amines) is 1. The molecule has 0 spiro atoms. The van der Waals surface area contributed by atoms with E-state index in [4.69, 9.17) is 4.74 Å². The Bertz CT molecular complexity index is 243. The lowest BCUT2D eigenvalue weighted by Gasteiger charge is -2.36. The summed E-state index contributed by atoms with van der Waals surface area (Å²) in [6, 6.07) is 1.28. The summed E-state index contributed by atoms with van der Waals surface area (Å²) in [7, 11) is 0. The van der Waals surface area contributed by atoms with Gasteiger partial charge in [0, 0.05) is 25.2 Å². The van der Waals surface area contributed by atoms with E-state index in [0.29, 0.717) is 18.2 Å². The summed E-state index contributed by atoms with van der Waals surface area (Å²) in [5.74, 6) is 0.791. The molecule has 2 fully saturated rings. The van der Waals surface area contributed by atoms with Crippen LogP contribution in [0.25, 0.3) is 0 Å². The Morgan fingerprint density at radius 3 is 2.47 bits per heavy atom. The van der Waals surface area contributed by atoms with Crippen molar-refractivity contribution in [2.45, 2.75) is 71.1 Å². The van der Waals surface area contributed by atoms with Crippen LogP contribution in [-0.2, 0) is 4.74 Å². The standard InChI is InChI=1S/C16H32N2O/c1-4-15(16-6-5-11-19-16)17-14-7-9-18(10-8-14)12-13(2)3/h13-17H,4-12H2,1-3H3/t15-,16-/m0/s1. The quantitative estimate of drug-likeness (QED) is 0.801. The van der Waals surface area contributed by atoms with Crippen molar-refractivity contribution in [2.24, 2.45) is 5.92 Å². The molecule has 0 unspecified atom stereocenters. The van der Waals surface area contributed by atoms with Crippen LogP contribution in [0.2, 0.25) is 0 Å². The average molecular weight is 268 g/mol. The smallest absolute Gasteiger partial charge is 0.0728 e. The van der Waals surface area contributed by atoms with Gasteiger partial charge in [-0.1, -0.05) is 20.8 Å². The van der Waals surface area contributed by atoms with Gasteiger partial charge in [-0.05, 0) is 51.1 Å². The van der Waals surface area contributed by atoms with E-state index < -0.39 is 0 Å². The molecular weight excluding hydrogens is 236 g/mol. The largest absolute Gasteiger partial charge is 0.377 e. The number of ether oxygens (including phenoxy) is 1. The maximum absolute atomic E-state index is 5.85. The molecular formula is C16H32N2O. The van der Waals surface area contributed by atoms with Gasteiger partial charge in [-0.15, -0.1) is 0 Å². The summed E-state index contributed by atoms with van der Waals surface area (Å²) in [5, 5.41) is 3.87. The predicted octanol–water partition coefficient (Wildman–Crippen LogP) is 2.65. The van der Waals surface area contributed by atoms with E-state index in [-0.39, 0.29) is 0 Å². The number of hydrogen-bond donors (Lipinski definition) is 1. The fourth-order valence-corrected chi connectivity index (χ4v) is 3.51. The van der Waals surface area contributed by atoms with Gasteiger partial charge in [-0.3, -0.25) is 0 Å². The molecule has 2 aliphatic rings. The molecule has 0 aliphatic carbocycles. The Morgan fingerprint density at radius 1 is 1.21 bits per heavy atom. The molecule has 0 aromatic rings. The molecule has 2 atom stereocenters. The lowest BCUT2D eigenvalue weighted by Crippen LogP contribution is -2.50. The molecule has 2 saturated heterocycles. The average Bonchev–Trinajstić information content (AvgIpc) is 2.91. The van der Waals surface area contributed by atoms with Crippen molar-refractivity contribution in [3.05, 3.63) is 0 Å². The van der Waals surface area contributed by atoms with Crippen LogP contribution in [0.4, 0.5) is 0 Å². The van der Waals surface area contributed by atoms with Crippen LogP contribution in [-0.4, -0.2) is 49.3 Å². The van der Waals surface area contributed by atoms with Crippen LogP contribution in [0.15, 0.2) is 0 Å². The molecule has 3 nitrogen and oxygen atoms in total. The highest BCUT2D eigenvalue weighted by Gasteiger charge is 2.28. The number of piperidine rings is 1. The summed E-state index contributed by atoms with van der Waals surface area (Å²) in [4.78, 5) is 2.62. The van der Waals surface area contributed by atoms with E-state index in [1.54, 1.807) is 0 Å². The highest BCUT2D eigenvalue weighted by atomic mass is 16.5. The first-order valence-corrected chi connectivity index (χ1v) is 8.29. The van der Waals surface area contributed by atoms with Gasteiger partial charge in [0.15, 0.2) is 0 Å². The monoisotopic (exact) mass is 268 g/mol. The van der Waals surface area contributed by atoms with Crippen molar-refractivity contribution >= 4 is 0 Å². The fourth-order valence-electron chi connectivity index (χ4n) is 3.51. The molecule has 1 N–H and O–H groups in total. The zero-order chi connectivity index (χ0) is 13.7. The van der Waals surface area contributed by atoms with Crippen molar-refractivity contribution < 1.29 is 4.74 Å². The maximum Gasteiger partial charge on any atom is 0.0728 e. The normalized spacial score (nSPS) is 28.1. The third-order valence-electron chi connectivity index (χ3n) is 4.51. The molecule has 0 aromatic heterocycles. The number of nitrogens with zero attached hydrogens (tertiary/aromatic N) is 1. The Morgan fingerprint density at radius 2 is 1.95 bits per heavy atom. The van der Waals surface area contributed by atoms with Crippen molar-refractivity contribution in [3.63, 3.8) is 0 Å². The lowest BCUT2D eigenvalue weighted by atomic mass is 9.99. The topological polar surface area (TPSA) is 24.5 Å². The SMILES string of the molecule is CC[C@H](NC1CCN(CC(C)C)CC1)[C@@H]1CCCO1. The Balaban J connectivity index is 1.71. The second kappa shape index (κ2) is 7.61. The highest BCUT2D eigenvalue weighted by Crippen LogP contribution is 2.20. The van der Waals surface area contributed by atoms with Crippen LogP contribution >= 0.6 is 0 Å². The van der Waals surface area contributed by atoms with Gasteiger partial charge in [-0.2, -0.15) is 0 Å². The second-order valence-corrected chi connectivity index (χ2v) is 6.70. The van der Waals surface area contributed by atoms with E-state index in [1.165, 1.54) is 51.7 Å². The second-order valence-electron chi connectivity index (χ2n) is 6.70. The van der Waals surface area contributed by atoms with Crippen molar-refractivity contribution in [1.82, 2.24) is 10.2 Å². The highest BCUT2D eigenvalue weighted by molar-refractivity contribution is 4.85. The van der Waals surface area contributed by atoms with Crippen molar-refractivity contribution in [1.29, 1.82) is 0 Å². The van der Waals surface area contributed by atoms with E-state index >= 15 is 0 Å². The molecule has 0 aromatic carbocycles. The van der Waals surface area contributed by atoms with Crippen LogP contribution in [0, 0.1) is 5.92 Å². The summed E-state index contributed by atoms with van der Waals surface area (Å²) >= 11 is 0. The first-order chi connectivity index (χ1) is 9.19. The molecule has 2 aliphatic heterocycles. The summed E-state index contributed by atoms with van der Waals surface area (Å²) < 4.78 is 5.85. The van der Waals surface area contributed by atoms with E-state index in [9.17, 15) is 0 Å².